The summed E-state index contributed by atoms with van der Waals surface area (Å²) in [5, 5.41) is 13.9. The molecular formula is C25H24N2O6. The molecule has 33 heavy (non-hydrogen) atoms. The maximum Gasteiger partial charge on any atom is 0.307 e. The van der Waals surface area contributed by atoms with Crippen LogP contribution in [0.5, 0.6) is 5.75 Å². The zero-order valence-electron chi connectivity index (χ0n) is 18.3. The third-order valence-corrected chi connectivity index (χ3v) is 4.97. The third kappa shape index (κ3) is 6.39. The van der Waals surface area contributed by atoms with Crippen LogP contribution in [0.4, 0.5) is 11.4 Å². The number of nitrogens with one attached hydrogen (secondary N) is 1. The van der Waals surface area contributed by atoms with E-state index in [0.29, 0.717) is 23.3 Å². The number of nitro groups is 1. The summed E-state index contributed by atoms with van der Waals surface area (Å²) in [6, 6.07) is 20.3. The summed E-state index contributed by atoms with van der Waals surface area (Å²) in [4.78, 5) is 36.4. The monoisotopic (exact) mass is 448 g/mol. The Morgan fingerprint density at radius 2 is 1.73 bits per heavy atom. The molecule has 0 heterocycles. The fraction of sp³-hybridized carbons (Fsp3) is 0.200. The highest BCUT2D eigenvalue weighted by atomic mass is 16.6. The first-order chi connectivity index (χ1) is 15.9. The van der Waals surface area contributed by atoms with Gasteiger partial charge in [-0.25, -0.2) is 0 Å². The van der Waals surface area contributed by atoms with E-state index in [0.717, 1.165) is 5.56 Å². The molecule has 1 unspecified atom stereocenters. The van der Waals surface area contributed by atoms with Crippen LogP contribution >= 0.6 is 0 Å². The summed E-state index contributed by atoms with van der Waals surface area (Å²) in [6.07, 6.45) is -0.765. The molecular weight excluding hydrogens is 424 g/mol. The number of carbonyl (C=O) groups is 2. The second kappa shape index (κ2) is 10.9. The van der Waals surface area contributed by atoms with Gasteiger partial charge in [0.25, 0.3) is 11.6 Å². The van der Waals surface area contributed by atoms with Crippen molar-refractivity contribution in [2.75, 3.05) is 12.4 Å². The van der Waals surface area contributed by atoms with Gasteiger partial charge in [-0.2, -0.15) is 0 Å². The van der Waals surface area contributed by atoms with Crippen molar-refractivity contribution in [1.82, 2.24) is 0 Å². The molecule has 3 aromatic rings. The molecule has 0 bridgehead atoms. The molecule has 0 saturated carbocycles. The van der Waals surface area contributed by atoms with Crippen molar-refractivity contribution >= 4 is 23.3 Å². The molecule has 8 heteroatoms. The second-order valence-electron chi connectivity index (χ2n) is 7.40. The van der Waals surface area contributed by atoms with Crippen LogP contribution < -0.4 is 10.1 Å². The molecule has 1 atom stereocenters. The van der Waals surface area contributed by atoms with Gasteiger partial charge in [-0.1, -0.05) is 48.5 Å². The Labute approximate surface area is 191 Å². The van der Waals surface area contributed by atoms with Gasteiger partial charge in [-0.3, -0.25) is 19.7 Å². The third-order valence-electron chi connectivity index (χ3n) is 4.97. The van der Waals surface area contributed by atoms with E-state index in [1.165, 1.54) is 12.1 Å². The molecule has 0 aliphatic carbocycles. The van der Waals surface area contributed by atoms with Crippen molar-refractivity contribution in [3.05, 3.63) is 99.6 Å². The molecule has 3 aromatic carbocycles. The lowest BCUT2D eigenvalue weighted by atomic mass is 10.1. The molecule has 0 saturated heterocycles. The Bertz CT molecular complexity index is 1130. The lowest BCUT2D eigenvalue weighted by molar-refractivity contribution is -0.384. The quantitative estimate of drug-likeness (QED) is 0.287. The highest BCUT2D eigenvalue weighted by Gasteiger charge is 2.27. The van der Waals surface area contributed by atoms with Gasteiger partial charge in [-0.05, 0) is 42.7 Å². The van der Waals surface area contributed by atoms with Crippen molar-refractivity contribution < 1.29 is 24.0 Å². The highest BCUT2D eigenvalue weighted by Crippen LogP contribution is 2.28. The highest BCUT2D eigenvalue weighted by molar-refractivity contribution is 5.97. The summed E-state index contributed by atoms with van der Waals surface area (Å²) in [6.45, 7) is 1.72. The number of benzene rings is 3. The van der Waals surface area contributed by atoms with Gasteiger partial charge in [0, 0.05) is 18.1 Å². The first-order valence-corrected chi connectivity index (χ1v) is 10.3. The lowest BCUT2D eigenvalue weighted by Crippen LogP contribution is -2.26. The Morgan fingerprint density at radius 1 is 1.03 bits per heavy atom. The number of nitro benzene ring substituents is 1. The molecule has 0 spiro atoms. The minimum absolute atomic E-state index is 0.0332. The number of anilines is 1. The Balaban J connectivity index is 1.74. The van der Waals surface area contributed by atoms with Crippen molar-refractivity contribution in [2.45, 2.75) is 25.9 Å². The molecule has 0 aliphatic rings. The first kappa shape index (κ1) is 23.5. The average molecular weight is 448 g/mol. The predicted octanol–water partition coefficient (Wildman–Crippen LogP) is 4.77. The molecule has 1 N–H and O–H groups in total. The minimum Gasteiger partial charge on any atom is -0.497 e. The van der Waals surface area contributed by atoms with E-state index in [1.807, 2.05) is 12.1 Å². The van der Waals surface area contributed by atoms with Crippen LogP contribution in [0.15, 0.2) is 72.8 Å². The smallest absolute Gasteiger partial charge is 0.307 e. The number of nitrogens with zero attached hydrogens (tertiary/aromatic N) is 1. The number of rotatable bonds is 9. The van der Waals surface area contributed by atoms with Gasteiger partial charge in [0.2, 0.25) is 6.10 Å². The Hall–Kier alpha value is -4.20. The number of methoxy groups -OCH3 is 1. The second-order valence-corrected chi connectivity index (χ2v) is 7.40. The zero-order valence-corrected chi connectivity index (χ0v) is 18.3. The molecule has 0 radical (unpaired) electrons. The number of amides is 1. The van der Waals surface area contributed by atoms with Gasteiger partial charge >= 0.3 is 5.97 Å². The molecule has 170 valence electrons. The predicted molar refractivity (Wildman–Crippen MR) is 123 cm³/mol. The molecule has 8 nitrogen and oxygen atoms in total. The number of aryl methyl sites for hydroxylation is 2. The maximum absolute atomic E-state index is 13.0. The van der Waals surface area contributed by atoms with E-state index in [4.69, 9.17) is 9.47 Å². The zero-order chi connectivity index (χ0) is 23.8. The lowest BCUT2D eigenvalue weighted by Gasteiger charge is -2.18. The topological polar surface area (TPSA) is 108 Å². The molecule has 0 aliphatic heterocycles. The normalized spacial score (nSPS) is 11.3. The van der Waals surface area contributed by atoms with Gasteiger partial charge in [0.05, 0.1) is 12.0 Å². The SMILES string of the molecule is COc1ccc(CCC(=O)OC(C(=O)Nc2ccc(C)cc2[N+](=O)[O-])c2ccccc2)cc1. The molecule has 0 fully saturated rings. The number of esters is 1. The van der Waals surface area contributed by atoms with Gasteiger partial charge < -0.3 is 14.8 Å². The Kier molecular flexibility index (Phi) is 7.75. The van der Waals surface area contributed by atoms with E-state index < -0.39 is 22.9 Å². The summed E-state index contributed by atoms with van der Waals surface area (Å²) in [5.41, 5.74) is 1.86. The van der Waals surface area contributed by atoms with Gasteiger partial charge in [0.1, 0.15) is 11.4 Å². The van der Waals surface area contributed by atoms with Gasteiger partial charge in [0.15, 0.2) is 0 Å². The first-order valence-electron chi connectivity index (χ1n) is 10.3. The number of hydrogen-bond acceptors (Lipinski definition) is 6. The van der Waals surface area contributed by atoms with Crippen LogP contribution in [0.3, 0.4) is 0 Å². The van der Waals surface area contributed by atoms with Crippen molar-refractivity contribution in [2.24, 2.45) is 0 Å². The minimum atomic E-state index is -1.25. The van der Waals surface area contributed by atoms with Crippen LogP contribution in [-0.2, 0) is 20.7 Å². The number of carbonyl (C=O) groups excluding carboxylic acids is 2. The van der Waals surface area contributed by atoms with Crippen LogP contribution in [0, 0.1) is 17.0 Å². The van der Waals surface area contributed by atoms with E-state index >= 15 is 0 Å². The Morgan fingerprint density at radius 3 is 2.36 bits per heavy atom. The summed E-state index contributed by atoms with van der Waals surface area (Å²) in [7, 11) is 1.58. The van der Waals surface area contributed by atoms with Crippen molar-refractivity contribution in [3.63, 3.8) is 0 Å². The average Bonchev–Trinajstić information content (AvgIpc) is 2.83. The summed E-state index contributed by atoms with van der Waals surface area (Å²) in [5.74, 6) is -0.522. The number of hydrogen-bond donors (Lipinski definition) is 1. The largest absolute Gasteiger partial charge is 0.497 e. The molecule has 1 amide bonds. The van der Waals surface area contributed by atoms with E-state index in [1.54, 1.807) is 62.6 Å². The van der Waals surface area contributed by atoms with Crippen LogP contribution in [0.25, 0.3) is 0 Å². The van der Waals surface area contributed by atoms with E-state index in [9.17, 15) is 19.7 Å². The van der Waals surface area contributed by atoms with E-state index in [2.05, 4.69) is 5.32 Å². The van der Waals surface area contributed by atoms with Gasteiger partial charge in [-0.15, -0.1) is 0 Å². The molecule has 0 aromatic heterocycles. The maximum atomic E-state index is 13.0. The fourth-order valence-electron chi connectivity index (χ4n) is 3.23. The fourth-order valence-corrected chi connectivity index (χ4v) is 3.23. The van der Waals surface area contributed by atoms with E-state index in [-0.39, 0.29) is 17.8 Å². The summed E-state index contributed by atoms with van der Waals surface area (Å²) < 4.78 is 10.6. The van der Waals surface area contributed by atoms with Crippen LogP contribution in [-0.4, -0.2) is 23.9 Å². The summed E-state index contributed by atoms with van der Waals surface area (Å²) >= 11 is 0. The standard InChI is InChI=1S/C25H24N2O6/c1-17-8-14-21(22(16-17)27(30)31)26-25(29)24(19-6-4-3-5-7-19)33-23(28)15-11-18-9-12-20(32-2)13-10-18/h3-10,12-14,16,24H,11,15H2,1-2H3,(H,26,29). The van der Waals surface area contributed by atoms with Crippen LogP contribution in [0.1, 0.15) is 29.2 Å². The van der Waals surface area contributed by atoms with Crippen LogP contribution in [0.2, 0.25) is 0 Å². The van der Waals surface area contributed by atoms with Crippen molar-refractivity contribution in [3.8, 4) is 5.75 Å². The molecule has 3 rings (SSSR count). The van der Waals surface area contributed by atoms with Crippen molar-refractivity contribution in [1.29, 1.82) is 0 Å². The number of ether oxygens (including phenoxy) is 2.